The minimum Gasteiger partial charge on any atom is -0.468 e. The first kappa shape index (κ1) is 16.7. The zero-order valence-electron chi connectivity index (χ0n) is 12.4. The largest absolute Gasteiger partial charge is 0.468 e. The predicted octanol–water partition coefficient (Wildman–Crippen LogP) is 1.38. The van der Waals surface area contributed by atoms with Crippen LogP contribution in [-0.2, 0) is 14.3 Å². The zero-order chi connectivity index (χ0) is 15.8. The van der Waals surface area contributed by atoms with Crippen molar-refractivity contribution in [3.05, 3.63) is 29.8 Å². The van der Waals surface area contributed by atoms with Crippen molar-refractivity contribution in [2.75, 3.05) is 25.5 Å². The average molecular weight is 289 g/mol. The van der Waals surface area contributed by atoms with Crippen LogP contribution in [0, 0.1) is 11.3 Å². The van der Waals surface area contributed by atoms with Crippen LogP contribution < -0.4 is 5.32 Å². The molecule has 0 fully saturated rings. The Balaban J connectivity index is 2.60. The van der Waals surface area contributed by atoms with Gasteiger partial charge in [-0.1, -0.05) is 0 Å². The molecule has 1 N–H and O–H groups in total. The summed E-state index contributed by atoms with van der Waals surface area (Å²) in [7, 11) is 1.32. The molecule has 1 aromatic rings. The normalized spacial score (nSPS) is 10.3. The van der Waals surface area contributed by atoms with Gasteiger partial charge >= 0.3 is 5.97 Å². The Morgan fingerprint density at radius 3 is 2.38 bits per heavy atom. The maximum Gasteiger partial charge on any atom is 0.319 e. The molecule has 0 heterocycles. The van der Waals surface area contributed by atoms with Crippen LogP contribution >= 0.6 is 0 Å². The number of carbonyl (C=O) groups is 2. The van der Waals surface area contributed by atoms with Crippen LogP contribution in [0.4, 0.5) is 5.69 Å². The van der Waals surface area contributed by atoms with Gasteiger partial charge in [0.05, 0.1) is 31.8 Å². The lowest BCUT2D eigenvalue weighted by molar-refractivity contribution is -0.142. The van der Waals surface area contributed by atoms with Crippen LogP contribution in [0.1, 0.15) is 19.4 Å². The number of benzene rings is 1. The van der Waals surface area contributed by atoms with Crippen LogP contribution in [0.5, 0.6) is 0 Å². The SMILES string of the molecule is COC(=O)CN(CC(=O)Nc1ccc(C#N)cc1)C(C)C. The lowest BCUT2D eigenvalue weighted by Crippen LogP contribution is -2.41. The molecule has 0 aromatic heterocycles. The number of carbonyl (C=O) groups excluding carboxylic acids is 2. The number of nitrogens with one attached hydrogen (secondary N) is 1. The summed E-state index contributed by atoms with van der Waals surface area (Å²) < 4.78 is 4.61. The molecular formula is C15H19N3O3. The van der Waals surface area contributed by atoms with Crippen molar-refractivity contribution in [1.82, 2.24) is 4.90 Å². The Labute approximate surface area is 124 Å². The Bertz CT molecular complexity index is 532. The maximum atomic E-state index is 12.0. The summed E-state index contributed by atoms with van der Waals surface area (Å²) in [4.78, 5) is 25.0. The molecule has 0 radical (unpaired) electrons. The van der Waals surface area contributed by atoms with Crippen LogP contribution in [0.25, 0.3) is 0 Å². The molecule has 0 aliphatic rings. The molecule has 1 aromatic carbocycles. The Kier molecular flexibility index (Phi) is 6.37. The van der Waals surface area contributed by atoms with E-state index in [4.69, 9.17) is 5.26 Å². The van der Waals surface area contributed by atoms with Gasteiger partial charge in [-0.3, -0.25) is 14.5 Å². The molecule has 0 aliphatic heterocycles. The van der Waals surface area contributed by atoms with E-state index in [2.05, 4.69) is 10.1 Å². The van der Waals surface area contributed by atoms with Gasteiger partial charge in [0.15, 0.2) is 0 Å². The molecule has 0 bridgehead atoms. The predicted molar refractivity (Wildman–Crippen MR) is 78.5 cm³/mol. The van der Waals surface area contributed by atoms with Crippen molar-refractivity contribution in [1.29, 1.82) is 5.26 Å². The van der Waals surface area contributed by atoms with Crippen molar-refractivity contribution in [3.8, 4) is 6.07 Å². The molecule has 0 atom stereocenters. The summed E-state index contributed by atoms with van der Waals surface area (Å²) in [6.07, 6.45) is 0. The minimum absolute atomic E-state index is 0.0378. The van der Waals surface area contributed by atoms with Crippen molar-refractivity contribution < 1.29 is 14.3 Å². The second-order valence-corrected chi connectivity index (χ2v) is 4.81. The summed E-state index contributed by atoms with van der Waals surface area (Å²) in [5, 5.41) is 11.4. The number of amides is 1. The number of ether oxygens (including phenoxy) is 1. The van der Waals surface area contributed by atoms with Gasteiger partial charge in [-0.15, -0.1) is 0 Å². The third-order valence-corrected chi connectivity index (χ3v) is 2.93. The molecule has 0 saturated heterocycles. The van der Waals surface area contributed by atoms with Crippen molar-refractivity contribution in [3.63, 3.8) is 0 Å². The summed E-state index contributed by atoms with van der Waals surface area (Å²) >= 11 is 0. The Hall–Kier alpha value is -2.39. The highest BCUT2D eigenvalue weighted by Crippen LogP contribution is 2.09. The fourth-order valence-electron chi connectivity index (χ4n) is 1.66. The zero-order valence-corrected chi connectivity index (χ0v) is 12.4. The van der Waals surface area contributed by atoms with E-state index in [9.17, 15) is 9.59 Å². The van der Waals surface area contributed by atoms with Crippen LogP contribution in [0.2, 0.25) is 0 Å². The van der Waals surface area contributed by atoms with E-state index in [0.717, 1.165) is 0 Å². The molecule has 0 unspecified atom stereocenters. The molecule has 6 nitrogen and oxygen atoms in total. The number of esters is 1. The lowest BCUT2D eigenvalue weighted by atomic mass is 10.2. The lowest BCUT2D eigenvalue weighted by Gasteiger charge is -2.24. The summed E-state index contributed by atoms with van der Waals surface area (Å²) in [5.74, 6) is -0.604. The van der Waals surface area contributed by atoms with Crippen LogP contribution in [0.15, 0.2) is 24.3 Å². The number of anilines is 1. The van der Waals surface area contributed by atoms with Gasteiger partial charge in [-0.25, -0.2) is 0 Å². The van der Waals surface area contributed by atoms with Crippen LogP contribution in [0.3, 0.4) is 0 Å². The van der Waals surface area contributed by atoms with Crippen molar-refractivity contribution in [2.45, 2.75) is 19.9 Å². The molecule has 6 heteroatoms. The molecular weight excluding hydrogens is 270 g/mol. The molecule has 1 amide bonds. The second-order valence-electron chi connectivity index (χ2n) is 4.81. The number of hydrogen-bond acceptors (Lipinski definition) is 5. The first-order valence-corrected chi connectivity index (χ1v) is 6.57. The van der Waals surface area contributed by atoms with Crippen LogP contribution in [-0.4, -0.2) is 43.0 Å². The van der Waals surface area contributed by atoms with Gasteiger partial charge in [-0.05, 0) is 38.1 Å². The molecule has 0 aliphatic carbocycles. The highest BCUT2D eigenvalue weighted by Gasteiger charge is 2.17. The van der Waals surface area contributed by atoms with E-state index in [1.54, 1.807) is 29.2 Å². The van der Waals surface area contributed by atoms with Gasteiger partial charge in [0.25, 0.3) is 0 Å². The van der Waals surface area contributed by atoms with E-state index >= 15 is 0 Å². The Morgan fingerprint density at radius 2 is 1.90 bits per heavy atom. The third kappa shape index (κ3) is 5.63. The highest BCUT2D eigenvalue weighted by molar-refractivity contribution is 5.92. The van der Waals surface area contributed by atoms with E-state index in [0.29, 0.717) is 11.3 Å². The molecule has 0 spiro atoms. The standard InChI is InChI=1S/C15H19N3O3/c1-11(2)18(10-15(20)21-3)9-14(19)17-13-6-4-12(8-16)5-7-13/h4-7,11H,9-10H2,1-3H3,(H,17,19). The molecule has 0 saturated carbocycles. The fourth-order valence-corrected chi connectivity index (χ4v) is 1.66. The quantitative estimate of drug-likeness (QED) is 0.800. The summed E-state index contributed by atoms with van der Waals surface area (Å²) in [6.45, 7) is 3.96. The van der Waals surface area contributed by atoms with Gasteiger partial charge in [0.2, 0.25) is 5.91 Å². The highest BCUT2D eigenvalue weighted by atomic mass is 16.5. The van der Waals surface area contributed by atoms with E-state index < -0.39 is 0 Å². The monoisotopic (exact) mass is 289 g/mol. The minimum atomic E-state index is -0.380. The topological polar surface area (TPSA) is 82.4 Å². The summed E-state index contributed by atoms with van der Waals surface area (Å²) in [6, 6.07) is 8.63. The Morgan fingerprint density at radius 1 is 1.29 bits per heavy atom. The number of hydrogen-bond donors (Lipinski definition) is 1. The van der Waals surface area contributed by atoms with E-state index in [-0.39, 0.29) is 31.0 Å². The number of methoxy groups -OCH3 is 1. The first-order chi connectivity index (χ1) is 9.96. The molecule has 1 rings (SSSR count). The number of rotatable bonds is 6. The molecule has 112 valence electrons. The van der Waals surface area contributed by atoms with E-state index in [1.165, 1.54) is 7.11 Å². The third-order valence-electron chi connectivity index (χ3n) is 2.93. The van der Waals surface area contributed by atoms with Crippen molar-refractivity contribution >= 4 is 17.6 Å². The van der Waals surface area contributed by atoms with Gasteiger partial charge in [-0.2, -0.15) is 5.26 Å². The number of nitriles is 1. The first-order valence-electron chi connectivity index (χ1n) is 6.57. The number of nitrogens with zero attached hydrogens (tertiary/aromatic N) is 2. The second kappa shape index (κ2) is 8.02. The van der Waals surface area contributed by atoms with Crippen molar-refractivity contribution in [2.24, 2.45) is 0 Å². The summed E-state index contributed by atoms with van der Waals surface area (Å²) in [5.41, 5.74) is 1.14. The van der Waals surface area contributed by atoms with Gasteiger partial charge in [0, 0.05) is 11.7 Å². The average Bonchev–Trinajstić information content (AvgIpc) is 2.47. The van der Waals surface area contributed by atoms with Gasteiger partial charge in [0.1, 0.15) is 0 Å². The maximum absolute atomic E-state index is 12.0. The fraction of sp³-hybridized carbons (Fsp3) is 0.400. The van der Waals surface area contributed by atoms with Gasteiger partial charge < -0.3 is 10.1 Å². The van der Waals surface area contributed by atoms with E-state index in [1.807, 2.05) is 19.9 Å². The molecule has 21 heavy (non-hydrogen) atoms. The smallest absolute Gasteiger partial charge is 0.319 e.